The molecule has 132 valence electrons. The molecule has 2 heteroatoms. The van der Waals surface area contributed by atoms with Gasteiger partial charge in [-0.3, -0.25) is 4.99 Å². The van der Waals surface area contributed by atoms with Crippen molar-refractivity contribution in [3.05, 3.63) is 59.7 Å². The maximum absolute atomic E-state index is 4.55. The number of anilines is 1. The summed E-state index contributed by atoms with van der Waals surface area (Å²) < 4.78 is 0. The van der Waals surface area contributed by atoms with E-state index in [1.165, 1.54) is 38.7 Å². The smallest absolute Gasteiger partial charge is 0.0669 e. The normalized spacial score (nSPS) is 13.0. The zero-order valence-corrected chi connectivity index (χ0v) is 16.0. The quantitative estimate of drug-likeness (QED) is 0.560. The van der Waals surface area contributed by atoms with Crippen LogP contribution in [0.4, 0.5) is 11.4 Å². The van der Waals surface area contributed by atoms with Crippen LogP contribution in [0.3, 0.4) is 0 Å². The molecule has 0 atom stereocenters. The number of nitrogens with zero attached hydrogens (tertiary/aromatic N) is 1. The van der Waals surface area contributed by atoms with E-state index in [9.17, 15) is 0 Å². The summed E-state index contributed by atoms with van der Waals surface area (Å²) in [6.07, 6.45) is 2.93. The van der Waals surface area contributed by atoms with E-state index >= 15 is 0 Å². The van der Waals surface area contributed by atoms with Crippen molar-refractivity contribution in [2.75, 3.05) is 5.32 Å². The van der Waals surface area contributed by atoms with E-state index in [-0.39, 0.29) is 0 Å². The molecule has 2 nitrogen and oxygen atoms in total. The average molecular weight is 342 g/mol. The summed E-state index contributed by atoms with van der Waals surface area (Å²) in [6, 6.07) is 18.5. The lowest BCUT2D eigenvalue weighted by molar-refractivity contribution is 0.869. The third-order valence-corrected chi connectivity index (χ3v) is 5.05. The molecular weight excluding hydrogens is 316 g/mol. The molecule has 0 saturated carbocycles. The molecule has 1 heterocycles. The third-order valence-electron chi connectivity index (χ3n) is 5.05. The minimum absolute atomic E-state index is 0.392. The van der Waals surface area contributed by atoms with Crippen molar-refractivity contribution < 1.29 is 0 Å². The number of aliphatic imine (C=N–C) groups is 1. The molecule has 4 rings (SSSR count). The van der Waals surface area contributed by atoms with Crippen molar-refractivity contribution in [2.45, 2.75) is 46.1 Å². The SMILES string of the molecule is CC(C)Nc1cc2c(cc1-c1ccc3cc(C(C)C)ccc3c1)N=CC2. The maximum Gasteiger partial charge on any atom is 0.0669 e. The van der Waals surface area contributed by atoms with Crippen molar-refractivity contribution in [1.82, 2.24) is 0 Å². The summed E-state index contributed by atoms with van der Waals surface area (Å²) in [5.74, 6) is 0.551. The average Bonchev–Trinajstić information content (AvgIpc) is 3.07. The van der Waals surface area contributed by atoms with Gasteiger partial charge >= 0.3 is 0 Å². The standard InChI is InChI=1S/C24H26N2/c1-15(2)17-5-6-19-12-20(8-7-18(19)11-17)22-14-23-21(9-10-25-23)13-24(22)26-16(3)4/h5-8,10-16,26H,9H2,1-4H3. The summed E-state index contributed by atoms with van der Waals surface area (Å²) in [5, 5.41) is 6.21. The maximum atomic E-state index is 4.55. The highest BCUT2D eigenvalue weighted by Crippen LogP contribution is 2.38. The number of benzene rings is 3. The van der Waals surface area contributed by atoms with Gasteiger partial charge in [-0.1, -0.05) is 44.2 Å². The van der Waals surface area contributed by atoms with Gasteiger partial charge in [0, 0.05) is 29.9 Å². The molecule has 1 aliphatic heterocycles. The highest BCUT2D eigenvalue weighted by molar-refractivity contribution is 5.92. The molecule has 0 amide bonds. The second-order valence-corrected chi connectivity index (χ2v) is 7.82. The van der Waals surface area contributed by atoms with Crippen LogP contribution in [0, 0.1) is 0 Å². The molecule has 3 aromatic carbocycles. The zero-order valence-electron chi connectivity index (χ0n) is 16.0. The molecule has 1 N–H and O–H groups in total. The first kappa shape index (κ1) is 16.8. The van der Waals surface area contributed by atoms with Crippen LogP contribution in [-0.2, 0) is 6.42 Å². The molecule has 0 spiro atoms. The second-order valence-electron chi connectivity index (χ2n) is 7.82. The summed E-state index contributed by atoms with van der Waals surface area (Å²) in [4.78, 5) is 4.55. The van der Waals surface area contributed by atoms with Gasteiger partial charge in [0.25, 0.3) is 0 Å². The monoisotopic (exact) mass is 342 g/mol. The lowest BCUT2D eigenvalue weighted by Gasteiger charge is -2.17. The number of fused-ring (bicyclic) bond motifs is 2. The van der Waals surface area contributed by atoms with Crippen molar-refractivity contribution in [2.24, 2.45) is 4.99 Å². The molecule has 0 aliphatic carbocycles. The fourth-order valence-corrected chi connectivity index (χ4v) is 3.62. The van der Waals surface area contributed by atoms with Crippen LogP contribution >= 0.6 is 0 Å². The van der Waals surface area contributed by atoms with Gasteiger partial charge in [0.1, 0.15) is 0 Å². The van der Waals surface area contributed by atoms with Crippen LogP contribution in [0.5, 0.6) is 0 Å². The Labute approximate surface area is 156 Å². The highest BCUT2D eigenvalue weighted by Gasteiger charge is 2.14. The molecule has 0 aromatic heterocycles. The van der Waals surface area contributed by atoms with Gasteiger partial charge in [-0.05, 0) is 65.4 Å². The van der Waals surface area contributed by atoms with E-state index in [0.29, 0.717) is 12.0 Å². The lowest BCUT2D eigenvalue weighted by Crippen LogP contribution is -2.10. The Bertz CT molecular complexity index is 997. The fraction of sp³-hybridized carbons (Fsp3) is 0.292. The van der Waals surface area contributed by atoms with Crippen molar-refractivity contribution >= 4 is 28.4 Å². The number of hydrogen-bond acceptors (Lipinski definition) is 2. The molecule has 1 aliphatic rings. The van der Waals surface area contributed by atoms with Crippen LogP contribution in [0.1, 0.15) is 44.7 Å². The molecule has 0 radical (unpaired) electrons. The first-order valence-electron chi connectivity index (χ1n) is 9.51. The first-order chi connectivity index (χ1) is 12.5. The Balaban J connectivity index is 1.83. The first-order valence-corrected chi connectivity index (χ1v) is 9.51. The Morgan fingerprint density at radius 2 is 1.65 bits per heavy atom. The second kappa shape index (κ2) is 6.60. The van der Waals surface area contributed by atoms with Crippen molar-refractivity contribution in [1.29, 1.82) is 0 Å². The van der Waals surface area contributed by atoms with Crippen LogP contribution in [0.2, 0.25) is 0 Å². The van der Waals surface area contributed by atoms with Crippen LogP contribution in [-0.4, -0.2) is 12.3 Å². The molecule has 3 aromatic rings. The van der Waals surface area contributed by atoms with Gasteiger partial charge in [-0.2, -0.15) is 0 Å². The van der Waals surface area contributed by atoms with Gasteiger partial charge in [0.15, 0.2) is 0 Å². The van der Waals surface area contributed by atoms with Crippen LogP contribution in [0.25, 0.3) is 21.9 Å². The topological polar surface area (TPSA) is 24.4 Å². The lowest BCUT2D eigenvalue weighted by atomic mass is 9.95. The summed E-state index contributed by atoms with van der Waals surface area (Å²) in [7, 11) is 0. The summed E-state index contributed by atoms with van der Waals surface area (Å²) >= 11 is 0. The molecule has 0 bridgehead atoms. The van der Waals surface area contributed by atoms with Gasteiger partial charge < -0.3 is 5.32 Å². The number of rotatable bonds is 4. The van der Waals surface area contributed by atoms with E-state index in [2.05, 4.69) is 86.5 Å². The molecule has 0 unspecified atom stereocenters. The van der Waals surface area contributed by atoms with E-state index < -0.39 is 0 Å². The predicted molar refractivity (Wildman–Crippen MR) is 114 cm³/mol. The summed E-state index contributed by atoms with van der Waals surface area (Å²) in [6.45, 7) is 8.84. The molecule has 0 fully saturated rings. The van der Waals surface area contributed by atoms with E-state index in [4.69, 9.17) is 0 Å². The molecule has 26 heavy (non-hydrogen) atoms. The van der Waals surface area contributed by atoms with Crippen molar-refractivity contribution in [3.8, 4) is 11.1 Å². The van der Waals surface area contributed by atoms with Gasteiger partial charge in [0.05, 0.1) is 5.69 Å². The van der Waals surface area contributed by atoms with E-state index in [1.54, 1.807) is 0 Å². The number of hydrogen-bond donors (Lipinski definition) is 1. The largest absolute Gasteiger partial charge is 0.382 e. The predicted octanol–water partition coefficient (Wildman–Crippen LogP) is 6.71. The minimum atomic E-state index is 0.392. The zero-order chi connectivity index (χ0) is 18.3. The van der Waals surface area contributed by atoms with Gasteiger partial charge in [-0.15, -0.1) is 0 Å². The van der Waals surface area contributed by atoms with Crippen molar-refractivity contribution in [3.63, 3.8) is 0 Å². The van der Waals surface area contributed by atoms with Gasteiger partial charge in [-0.25, -0.2) is 0 Å². The highest BCUT2D eigenvalue weighted by atomic mass is 14.9. The van der Waals surface area contributed by atoms with E-state index in [1.807, 2.05) is 6.21 Å². The fourth-order valence-electron chi connectivity index (χ4n) is 3.62. The molecule has 0 saturated heterocycles. The minimum Gasteiger partial charge on any atom is -0.382 e. The summed E-state index contributed by atoms with van der Waals surface area (Å²) in [5.41, 5.74) is 7.46. The van der Waals surface area contributed by atoms with Crippen LogP contribution < -0.4 is 5.32 Å². The Hall–Kier alpha value is -2.61. The number of nitrogens with one attached hydrogen (secondary N) is 1. The van der Waals surface area contributed by atoms with Crippen LogP contribution in [0.15, 0.2) is 53.5 Å². The Morgan fingerprint density at radius 3 is 2.42 bits per heavy atom. The Kier molecular flexibility index (Phi) is 4.28. The van der Waals surface area contributed by atoms with Gasteiger partial charge in [0.2, 0.25) is 0 Å². The molecular formula is C24H26N2. The van der Waals surface area contributed by atoms with E-state index in [0.717, 1.165) is 12.1 Å². The third kappa shape index (κ3) is 3.12. The Morgan fingerprint density at radius 1 is 0.885 bits per heavy atom.